The Balaban J connectivity index is 1.41. The lowest BCUT2D eigenvalue weighted by Crippen LogP contribution is -2.38. The van der Waals surface area contributed by atoms with Crippen LogP contribution in [0, 0.1) is 13.8 Å². The molecule has 1 amide bonds. The lowest BCUT2D eigenvalue weighted by molar-refractivity contribution is -0.121. The van der Waals surface area contributed by atoms with Crippen LogP contribution in [0.15, 0.2) is 53.4 Å². The molecule has 2 N–H and O–H groups in total. The maximum atomic E-state index is 12.4. The highest BCUT2D eigenvalue weighted by Gasteiger charge is 2.24. The van der Waals surface area contributed by atoms with E-state index >= 15 is 0 Å². The Bertz CT molecular complexity index is 945. The summed E-state index contributed by atoms with van der Waals surface area (Å²) in [5, 5.41) is 3.02. The van der Waals surface area contributed by atoms with Crippen LogP contribution in [-0.4, -0.2) is 44.9 Å². The molecule has 7 heteroatoms. The fourth-order valence-electron chi connectivity index (χ4n) is 3.50. The van der Waals surface area contributed by atoms with Crippen LogP contribution in [0.1, 0.15) is 29.5 Å². The second-order valence-electron chi connectivity index (χ2n) is 7.67. The normalized spacial score (nSPS) is 17.4. The van der Waals surface area contributed by atoms with Gasteiger partial charge in [-0.2, -0.15) is 0 Å². The average molecular weight is 416 g/mol. The maximum absolute atomic E-state index is 12.4. The monoisotopic (exact) mass is 415 g/mol. The molecule has 1 atom stereocenters. The van der Waals surface area contributed by atoms with Gasteiger partial charge in [0, 0.05) is 38.6 Å². The lowest BCUT2D eigenvalue weighted by Gasteiger charge is -2.17. The first kappa shape index (κ1) is 21.5. The number of hydrogen-bond acceptors (Lipinski definition) is 4. The molecule has 0 saturated carbocycles. The van der Waals surface area contributed by atoms with Crippen molar-refractivity contribution >= 4 is 15.9 Å². The molecule has 0 aliphatic carbocycles. The van der Waals surface area contributed by atoms with Gasteiger partial charge in [-0.3, -0.25) is 9.69 Å². The van der Waals surface area contributed by atoms with Crippen LogP contribution in [0.4, 0.5) is 0 Å². The van der Waals surface area contributed by atoms with Crippen molar-refractivity contribution in [3.8, 4) is 0 Å². The first-order valence-electron chi connectivity index (χ1n) is 9.96. The van der Waals surface area contributed by atoms with E-state index in [2.05, 4.69) is 27.1 Å². The van der Waals surface area contributed by atoms with Crippen LogP contribution < -0.4 is 10.0 Å². The van der Waals surface area contributed by atoms with E-state index in [9.17, 15) is 13.2 Å². The number of nitrogens with one attached hydrogen (secondary N) is 2. The summed E-state index contributed by atoms with van der Waals surface area (Å²) < 4.78 is 27.3. The minimum Gasteiger partial charge on any atom is -0.352 e. The van der Waals surface area contributed by atoms with Gasteiger partial charge in [-0.25, -0.2) is 13.1 Å². The van der Waals surface area contributed by atoms with E-state index in [-0.39, 0.29) is 29.8 Å². The highest BCUT2D eigenvalue weighted by Crippen LogP contribution is 2.15. The minimum absolute atomic E-state index is 0.0849. The Kier molecular flexibility index (Phi) is 7.05. The summed E-state index contributed by atoms with van der Waals surface area (Å²) in [6, 6.07) is 15.4. The van der Waals surface area contributed by atoms with Crippen molar-refractivity contribution in [1.82, 2.24) is 14.9 Å². The Morgan fingerprint density at radius 3 is 2.59 bits per heavy atom. The van der Waals surface area contributed by atoms with Crippen molar-refractivity contribution in [3.63, 3.8) is 0 Å². The molecular weight excluding hydrogens is 386 g/mol. The molecule has 0 spiro atoms. The summed E-state index contributed by atoms with van der Waals surface area (Å²) in [5.41, 5.74) is 3.23. The Morgan fingerprint density at radius 2 is 1.86 bits per heavy atom. The minimum atomic E-state index is -3.60. The van der Waals surface area contributed by atoms with Crippen molar-refractivity contribution in [3.05, 3.63) is 65.2 Å². The van der Waals surface area contributed by atoms with E-state index in [1.807, 2.05) is 32.0 Å². The van der Waals surface area contributed by atoms with Crippen LogP contribution >= 0.6 is 0 Å². The molecule has 0 radical (unpaired) electrons. The second-order valence-corrected chi connectivity index (χ2v) is 9.43. The number of sulfonamides is 1. The largest absolute Gasteiger partial charge is 0.352 e. The molecule has 1 aliphatic heterocycles. The maximum Gasteiger partial charge on any atom is 0.240 e. The summed E-state index contributed by atoms with van der Waals surface area (Å²) in [6.07, 6.45) is 1.03. The molecule has 29 heavy (non-hydrogen) atoms. The van der Waals surface area contributed by atoms with Gasteiger partial charge in [-0.05, 0) is 49.1 Å². The zero-order chi connectivity index (χ0) is 20.9. The quantitative estimate of drug-likeness (QED) is 0.694. The van der Waals surface area contributed by atoms with Crippen LogP contribution in [-0.2, 0) is 21.4 Å². The molecular formula is C22H29N3O3S. The number of benzene rings is 2. The summed E-state index contributed by atoms with van der Waals surface area (Å²) in [5.74, 6) is -0.126. The summed E-state index contributed by atoms with van der Waals surface area (Å²) in [4.78, 5) is 14.8. The van der Waals surface area contributed by atoms with Crippen molar-refractivity contribution in [2.24, 2.45) is 0 Å². The van der Waals surface area contributed by atoms with Gasteiger partial charge in [0.15, 0.2) is 0 Å². The van der Waals surface area contributed by atoms with E-state index in [1.165, 1.54) is 5.56 Å². The van der Waals surface area contributed by atoms with Gasteiger partial charge in [0.25, 0.3) is 0 Å². The number of rotatable bonds is 8. The van der Waals surface area contributed by atoms with E-state index in [0.717, 1.165) is 37.2 Å². The van der Waals surface area contributed by atoms with Gasteiger partial charge in [0.2, 0.25) is 15.9 Å². The number of nitrogens with zero attached hydrogens (tertiary/aromatic N) is 1. The highest BCUT2D eigenvalue weighted by molar-refractivity contribution is 7.89. The standard InChI is InChI=1S/C22H29N3O3S/c1-17-8-9-21(14-18(17)2)29(27,28)23-12-10-22(26)24-20-11-13-25(16-20)15-19-6-4-3-5-7-19/h3-9,14,20,23H,10-13,15-16H2,1-2H3,(H,24,26). The fraction of sp³-hybridized carbons (Fsp3) is 0.409. The van der Waals surface area contributed by atoms with E-state index in [0.29, 0.717) is 0 Å². The van der Waals surface area contributed by atoms with Gasteiger partial charge < -0.3 is 5.32 Å². The molecule has 1 aliphatic rings. The third kappa shape index (κ3) is 6.13. The van der Waals surface area contributed by atoms with E-state index in [4.69, 9.17) is 0 Å². The lowest BCUT2D eigenvalue weighted by atomic mass is 10.1. The van der Waals surface area contributed by atoms with Crippen LogP contribution in [0.3, 0.4) is 0 Å². The Morgan fingerprint density at radius 1 is 1.10 bits per heavy atom. The summed E-state index contributed by atoms with van der Waals surface area (Å²) in [7, 11) is -3.60. The van der Waals surface area contributed by atoms with Crippen LogP contribution in [0.5, 0.6) is 0 Å². The smallest absolute Gasteiger partial charge is 0.240 e. The molecule has 1 fully saturated rings. The molecule has 6 nitrogen and oxygen atoms in total. The number of likely N-dealkylation sites (tertiary alicyclic amines) is 1. The zero-order valence-corrected chi connectivity index (χ0v) is 17.8. The number of carbonyl (C=O) groups is 1. The van der Waals surface area contributed by atoms with Gasteiger partial charge in [0.1, 0.15) is 0 Å². The van der Waals surface area contributed by atoms with Crippen molar-refractivity contribution in [2.75, 3.05) is 19.6 Å². The topological polar surface area (TPSA) is 78.5 Å². The third-order valence-corrected chi connectivity index (χ3v) is 6.78. The van der Waals surface area contributed by atoms with Gasteiger partial charge in [0.05, 0.1) is 4.90 Å². The Hall–Kier alpha value is -2.22. The number of hydrogen-bond donors (Lipinski definition) is 2. The predicted molar refractivity (Wildman–Crippen MR) is 114 cm³/mol. The molecule has 156 valence electrons. The number of aryl methyl sites for hydroxylation is 2. The predicted octanol–water partition coefficient (Wildman–Crippen LogP) is 2.36. The first-order chi connectivity index (χ1) is 13.8. The molecule has 1 saturated heterocycles. The third-order valence-electron chi connectivity index (χ3n) is 5.32. The Labute approximate surface area is 173 Å². The molecule has 0 aromatic heterocycles. The number of amides is 1. The summed E-state index contributed by atoms with van der Waals surface area (Å²) in [6.45, 7) is 6.54. The van der Waals surface area contributed by atoms with Crippen LogP contribution in [0.2, 0.25) is 0 Å². The fourth-order valence-corrected chi connectivity index (χ4v) is 4.62. The van der Waals surface area contributed by atoms with E-state index < -0.39 is 10.0 Å². The van der Waals surface area contributed by atoms with Gasteiger partial charge in [-0.15, -0.1) is 0 Å². The molecule has 1 unspecified atom stereocenters. The molecule has 2 aromatic carbocycles. The van der Waals surface area contributed by atoms with Crippen molar-refractivity contribution in [1.29, 1.82) is 0 Å². The van der Waals surface area contributed by atoms with Crippen molar-refractivity contribution < 1.29 is 13.2 Å². The number of carbonyl (C=O) groups excluding carboxylic acids is 1. The second kappa shape index (κ2) is 9.52. The van der Waals surface area contributed by atoms with Gasteiger partial charge in [-0.1, -0.05) is 36.4 Å². The van der Waals surface area contributed by atoms with Gasteiger partial charge >= 0.3 is 0 Å². The van der Waals surface area contributed by atoms with Crippen molar-refractivity contribution in [2.45, 2.75) is 44.2 Å². The zero-order valence-electron chi connectivity index (χ0n) is 17.0. The van der Waals surface area contributed by atoms with Crippen LogP contribution in [0.25, 0.3) is 0 Å². The summed E-state index contributed by atoms with van der Waals surface area (Å²) >= 11 is 0. The SMILES string of the molecule is Cc1ccc(S(=O)(=O)NCCC(=O)NC2CCN(Cc3ccccc3)C2)cc1C. The molecule has 0 bridgehead atoms. The first-order valence-corrected chi connectivity index (χ1v) is 11.4. The van der Waals surface area contributed by atoms with E-state index in [1.54, 1.807) is 18.2 Å². The molecule has 2 aromatic rings. The highest BCUT2D eigenvalue weighted by atomic mass is 32.2. The molecule has 3 rings (SSSR count). The average Bonchev–Trinajstić information content (AvgIpc) is 3.11. The molecule has 1 heterocycles.